The van der Waals surface area contributed by atoms with Crippen molar-refractivity contribution in [2.75, 3.05) is 110 Å². The number of rotatable bonds is 45. The van der Waals surface area contributed by atoms with Gasteiger partial charge in [-0.3, -0.25) is 62.5 Å². The molecule has 9 amide bonds. The molecule has 4 aromatic carbocycles. The molecule has 31 heteroatoms. The lowest BCUT2D eigenvalue weighted by Crippen LogP contribution is -2.50. The molecule has 9 rings (SSSR count). The normalized spacial score (nSPS) is 17.3. The molecule has 0 saturated carbocycles. The van der Waals surface area contributed by atoms with Crippen LogP contribution >= 0.6 is 0 Å². The SMILES string of the molecule is C=C1C[C@H]2CN(C(=O)OCc3ccc(CC(=O)[C@H](C)NC(=O)[C@@H](CC(=O)CCOCCOC)C(C)C)cc3)c3cc(OCCCCCOc4cc5c(cc4OC)C(=O)N4CC(=C)C[C@H]4[C@H](O)N5C(=O)OCc4ccc(CC(=O)[C@H](C)NC(=O)[C@@H](CC(=O)CCOCCNC(=O)CCN5C(=O)C=CC5=O)C(C)C)cc4)c(OC)cc3C(=O)N2C1. The van der Waals surface area contributed by atoms with Gasteiger partial charge < -0.3 is 73.5 Å². The van der Waals surface area contributed by atoms with Crippen molar-refractivity contribution in [3.8, 4) is 23.0 Å². The average molecular weight is 1640 g/mol. The smallest absolute Gasteiger partial charge is 0.416 e. The molecule has 0 radical (unpaired) electrons. The average Bonchev–Trinajstić information content (AvgIpc) is 1.60. The number of ether oxygens (including phenoxy) is 9. The van der Waals surface area contributed by atoms with Gasteiger partial charge >= 0.3 is 12.2 Å². The van der Waals surface area contributed by atoms with Gasteiger partial charge in [-0.15, -0.1) is 0 Å². The highest BCUT2D eigenvalue weighted by atomic mass is 16.6. The fourth-order valence-corrected chi connectivity index (χ4v) is 14.4. The maximum atomic E-state index is 14.4. The Bertz CT molecular complexity index is 4370. The molecule has 0 spiro atoms. The topological polar surface area (TPSA) is 378 Å². The number of carbonyl (C=O) groups is 13. The number of aliphatic hydroxyl groups is 1. The van der Waals surface area contributed by atoms with Crippen LogP contribution in [0.4, 0.5) is 21.0 Å². The highest BCUT2D eigenvalue weighted by Gasteiger charge is 2.47. The van der Waals surface area contributed by atoms with Crippen LogP contribution in [0, 0.1) is 23.7 Å². The number of nitrogens with zero attached hydrogens (tertiary/aromatic N) is 5. The third-order valence-corrected chi connectivity index (χ3v) is 21.4. The van der Waals surface area contributed by atoms with Gasteiger partial charge in [0.05, 0.1) is 114 Å². The predicted octanol–water partition coefficient (Wildman–Crippen LogP) is 8.09. The second kappa shape index (κ2) is 43.3. The zero-order chi connectivity index (χ0) is 85.4. The standard InChI is InChI=1S/C87H110N8O23/c1-52(2)65(41-63(96)26-32-113-34-28-88-78(100)25-29-91-79(101)23-24-80(91)102)81(103)89-57(8)73(99)40-59-17-21-61(22-18-59)51-118-87(109)95-70-46-77(75(112-11)44-68(70)84(106)93-48-55(6)38-71(93)85(95)107)116-31-14-12-13-30-115-76-45-69-67(43-74(76)111-10)83(105)92-47-54(5)37-62(92)49-94(69)86(108)117-50-60-19-15-58(16-20-60)39-72(98)56(7)90-82(104)66(53(3)4)42-64(97)27-33-114-36-35-110-9/h15-24,43-46,52-53,56-57,62,65-66,71,85,107H,5-6,12-14,25-42,47-51H2,1-4,7-11H3,(H,88,100)(H,89,103)(H,90,104)/t56-,57-,62-,65-,66-,71-,85-/m0/s1. The minimum Gasteiger partial charge on any atom is -0.493 e. The number of unbranched alkanes of at least 4 members (excludes halogenated alkanes) is 2. The molecule has 5 heterocycles. The van der Waals surface area contributed by atoms with Gasteiger partial charge in [0, 0.05) is 114 Å². The van der Waals surface area contributed by atoms with E-state index in [0.717, 1.165) is 27.5 Å². The number of hydrogen-bond acceptors (Lipinski definition) is 23. The minimum atomic E-state index is -1.58. The summed E-state index contributed by atoms with van der Waals surface area (Å²) < 4.78 is 51.9. The van der Waals surface area contributed by atoms with Crippen LogP contribution in [-0.4, -0.2) is 227 Å². The molecular formula is C87H110N8O23. The van der Waals surface area contributed by atoms with Gasteiger partial charge in [0.15, 0.2) is 40.8 Å². The van der Waals surface area contributed by atoms with Crippen molar-refractivity contribution in [2.45, 2.75) is 162 Å². The number of anilines is 2. The van der Waals surface area contributed by atoms with Gasteiger partial charge in [-0.1, -0.05) is 101 Å². The number of hydrogen-bond donors (Lipinski definition) is 4. The summed E-state index contributed by atoms with van der Waals surface area (Å²) in [6.45, 7) is 20.4. The molecule has 4 aromatic rings. The summed E-state index contributed by atoms with van der Waals surface area (Å²) in [4.78, 5) is 179. The zero-order valence-corrected chi connectivity index (χ0v) is 68.7. The number of carbonyl (C=O) groups excluding carboxylic acids is 13. The Kier molecular flexibility index (Phi) is 33.3. The van der Waals surface area contributed by atoms with Crippen molar-refractivity contribution in [1.29, 1.82) is 0 Å². The van der Waals surface area contributed by atoms with E-state index in [1.165, 1.54) is 36.2 Å². The van der Waals surface area contributed by atoms with E-state index in [0.29, 0.717) is 73.3 Å². The van der Waals surface area contributed by atoms with E-state index in [-0.39, 0.29) is 222 Å². The van der Waals surface area contributed by atoms with Crippen molar-refractivity contribution in [3.05, 3.63) is 143 Å². The van der Waals surface area contributed by atoms with Crippen LogP contribution < -0.4 is 44.7 Å². The van der Waals surface area contributed by atoms with E-state index in [4.69, 9.17) is 42.6 Å². The van der Waals surface area contributed by atoms with Crippen molar-refractivity contribution >= 4 is 88.0 Å². The second-order valence-corrected chi connectivity index (χ2v) is 30.8. The number of benzene rings is 4. The van der Waals surface area contributed by atoms with Gasteiger partial charge in [-0.25, -0.2) is 14.5 Å². The molecule has 0 aromatic heterocycles. The summed E-state index contributed by atoms with van der Waals surface area (Å²) in [5, 5.41) is 20.3. The first kappa shape index (κ1) is 90.8. The quantitative estimate of drug-likeness (QED) is 0.0184. The molecule has 5 aliphatic rings. The number of methoxy groups -OCH3 is 3. The highest BCUT2D eigenvalue weighted by Crippen LogP contribution is 2.44. The molecule has 0 unspecified atom stereocenters. The Morgan fingerprint density at radius 3 is 1.53 bits per heavy atom. The van der Waals surface area contributed by atoms with E-state index in [1.54, 1.807) is 100 Å². The monoisotopic (exact) mass is 1630 g/mol. The Hall–Kier alpha value is -11.2. The third-order valence-electron chi connectivity index (χ3n) is 21.4. The van der Waals surface area contributed by atoms with Gasteiger partial charge in [0.25, 0.3) is 23.6 Å². The first-order valence-electron chi connectivity index (χ1n) is 40.0. The summed E-state index contributed by atoms with van der Waals surface area (Å²) >= 11 is 0. The number of amides is 9. The van der Waals surface area contributed by atoms with Crippen LogP contribution in [0.5, 0.6) is 23.0 Å². The number of imide groups is 1. The van der Waals surface area contributed by atoms with Crippen LogP contribution in [0.1, 0.15) is 149 Å². The third kappa shape index (κ3) is 24.5. The van der Waals surface area contributed by atoms with Crippen molar-refractivity contribution in [2.24, 2.45) is 23.7 Å². The minimum absolute atomic E-state index is 0.0111. The largest absolute Gasteiger partial charge is 0.493 e. The zero-order valence-electron chi connectivity index (χ0n) is 68.7. The fraction of sp³-hybridized carbons (Fsp3) is 0.506. The summed E-state index contributed by atoms with van der Waals surface area (Å²) in [5.74, 6) is -4.66. The first-order chi connectivity index (χ1) is 56.5. The van der Waals surface area contributed by atoms with Gasteiger partial charge in [-0.05, 0) is 92.2 Å². The molecule has 31 nitrogen and oxygen atoms in total. The Balaban J connectivity index is 0.750. The Morgan fingerprint density at radius 1 is 0.534 bits per heavy atom. The lowest BCUT2D eigenvalue weighted by molar-refractivity contribution is -0.137. The number of Topliss-reactive ketones (excluding diaryl/α,β-unsaturated/α-hetero) is 4. The number of nitrogens with one attached hydrogen (secondary N) is 3. The molecule has 4 N–H and O–H groups in total. The lowest BCUT2D eigenvalue weighted by Gasteiger charge is -2.31. The summed E-state index contributed by atoms with van der Waals surface area (Å²) in [6, 6.07) is 16.8. The van der Waals surface area contributed by atoms with Crippen molar-refractivity contribution in [1.82, 2.24) is 30.7 Å². The first-order valence-corrected chi connectivity index (χ1v) is 40.0. The van der Waals surface area contributed by atoms with Gasteiger partial charge in [-0.2, -0.15) is 0 Å². The fourth-order valence-electron chi connectivity index (χ4n) is 14.4. The molecule has 2 saturated heterocycles. The highest BCUT2D eigenvalue weighted by molar-refractivity contribution is 6.13. The second-order valence-electron chi connectivity index (χ2n) is 30.8. The Labute approximate surface area is 687 Å². The number of aliphatic hydroxyl groups excluding tert-OH is 1. The summed E-state index contributed by atoms with van der Waals surface area (Å²) in [5.41, 5.74) is 4.47. The molecule has 0 aliphatic carbocycles. The molecule has 636 valence electrons. The van der Waals surface area contributed by atoms with E-state index in [2.05, 4.69) is 29.1 Å². The summed E-state index contributed by atoms with van der Waals surface area (Å²) in [7, 11) is 4.42. The maximum Gasteiger partial charge on any atom is 0.416 e. The molecule has 2 fully saturated rings. The van der Waals surface area contributed by atoms with Crippen LogP contribution in [0.3, 0.4) is 0 Å². The van der Waals surface area contributed by atoms with E-state index in [9.17, 15) is 67.4 Å². The van der Waals surface area contributed by atoms with E-state index >= 15 is 0 Å². The molecule has 7 atom stereocenters. The van der Waals surface area contributed by atoms with Crippen molar-refractivity contribution in [3.63, 3.8) is 0 Å². The van der Waals surface area contributed by atoms with Crippen LogP contribution in [0.15, 0.2) is 109 Å². The molecule has 118 heavy (non-hydrogen) atoms. The van der Waals surface area contributed by atoms with Crippen molar-refractivity contribution < 1.29 is 110 Å². The van der Waals surface area contributed by atoms with Crippen LogP contribution in [0.2, 0.25) is 0 Å². The Morgan fingerprint density at radius 2 is 1.01 bits per heavy atom. The summed E-state index contributed by atoms with van der Waals surface area (Å²) in [6.07, 6.45) is 1.26. The molecule has 5 aliphatic heterocycles. The van der Waals surface area contributed by atoms with Crippen LogP contribution in [0.25, 0.3) is 0 Å². The van der Waals surface area contributed by atoms with Crippen LogP contribution in [-0.2, 0) is 92.9 Å². The van der Waals surface area contributed by atoms with Gasteiger partial charge in [0.1, 0.15) is 24.8 Å². The number of fused-ring (bicyclic) bond motifs is 4. The predicted molar refractivity (Wildman–Crippen MR) is 432 cm³/mol. The molecular weight excluding hydrogens is 1520 g/mol. The van der Waals surface area contributed by atoms with E-state index < -0.39 is 78.0 Å². The number of ketones is 4. The van der Waals surface area contributed by atoms with Gasteiger partial charge in [0.2, 0.25) is 17.7 Å². The molecule has 0 bridgehead atoms. The van der Waals surface area contributed by atoms with E-state index in [1.807, 2.05) is 13.8 Å². The lowest BCUT2D eigenvalue weighted by atomic mass is 9.88. The maximum absolute atomic E-state index is 14.4.